The fraction of sp³-hybridized carbons (Fsp3) is 0.929. The first-order chi connectivity index (χ1) is 7.97. The van der Waals surface area contributed by atoms with Gasteiger partial charge in [-0.2, -0.15) is 0 Å². The Bertz CT molecular complexity index is 248. The lowest BCUT2D eigenvalue weighted by Gasteiger charge is -2.48. The molecule has 0 aromatic carbocycles. The van der Waals surface area contributed by atoms with Gasteiger partial charge in [-0.3, -0.25) is 4.79 Å². The lowest BCUT2D eigenvalue weighted by molar-refractivity contribution is -0.958. The largest absolute Gasteiger partial charge is 1.00 e. The number of quaternary nitrogens is 1. The van der Waals surface area contributed by atoms with Gasteiger partial charge in [-0.1, -0.05) is 0 Å². The van der Waals surface area contributed by atoms with Crippen LogP contribution in [-0.4, -0.2) is 42.7 Å². The van der Waals surface area contributed by atoms with Gasteiger partial charge in [-0.05, 0) is 46.0 Å². The zero-order valence-electron chi connectivity index (χ0n) is 12.2. The first-order valence-electron chi connectivity index (χ1n) is 6.95. The summed E-state index contributed by atoms with van der Waals surface area (Å²) in [5.74, 6) is -0.162. The topological polar surface area (TPSA) is 26.3 Å². The van der Waals surface area contributed by atoms with Crippen molar-refractivity contribution < 1.29 is 38.0 Å². The number of piperidine rings is 1. The van der Waals surface area contributed by atoms with Gasteiger partial charge in [0, 0.05) is 6.92 Å². The lowest BCUT2D eigenvalue weighted by atomic mass is 9.94. The molecule has 4 heteroatoms. The predicted molar refractivity (Wildman–Crippen MR) is 69.7 cm³/mol. The van der Waals surface area contributed by atoms with Crippen molar-refractivity contribution in [3.8, 4) is 0 Å². The minimum Gasteiger partial charge on any atom is -1.00 e. The maximum absolute atomic E-state index is 10.6. The van der Waals surface area contributed by atoms with Crippen LogP contribution in [0.25, 0.3) is 0 Å². The Morgan fingerprint density at radius 1 is 1.22 bits per heavy atom. The smallest absolute Gasteiger partial charge is 0.302 e. The second-order valence-corrected chi connectivity index (χ2v) is 5.75. The van der Waals surface area contributed by atoms with Crippen LogP contribution >= 0.6 is 0 Å². The van der Waals surface area contributed by atoms with E-state index in [1.165, 1.54) is 37.2 Å². The van der Waals surface area contributed by atoms with Crippen molar-refractivity contribution in [1.82, 2.24) is 0 Å². The molecule has 0 aliphatic carbocycles. The van der Waals surface area contributed by atoms with Crippen LogP contribution in [0.1, 0.15) is 52.9 Å². The van der Waals surface area contributed by atoms with Crippen molar-refractivity contribution in [2.24, 2.45) is 0 Å². The van der Waals surface area contributed by atoms with Gasteiger partial charge in [-0.15, -0.1) is 0 Å². The van der Waals surface area contributed by atoms with Crippen molar-refractivity contribution in [3.63, 3.8) is 0 Å². The fourth-order valence-electron chi connectivity index (χ4n) is 2.94. The molecule has 0 aromatic heterocycles. The maximum atomic E-state index is 10.6. The van der Waals surface area contributed by atoms with Crippen LogP contribution in [-0.2, 0) is 9.53 Å². The van der Waals surface area contributed by atoms with E-state index in [0.717, 1.165) is 24.9 Å². The quantitative estimate of drug-likeness (QED) is 0.289. The Kier molecular flexibility index (Phi) is 8.43. The highest BCUT2D eigenvalue weighted by atomic mass is 127. The molecule has 0 spiro atoms. The Morgan fingerprint density at radius 3 is 2.28 bits per heavy atom. The van der Waals surface area contributed by atoms with E-state index in [1.54, 1.807) is 0 Å². The number of carbonyl (C=O) groups is 1. The first-order valence-corrected chi connectivity index (χ1v) is 6.95. The Hall–Kier alpha value is 0.160. The van der Waals surface area contributed by atoms with Gasteiger partial charge in [-0.25, -0.2) is 0 Å². The number of halogens is 1. The molecule has 0 N–H and O–H groups in total. The molecule has 0 radical (unpaired) electrons. The van der Waals surface area contributed by atoms with Crippen molar-refractivity contribution in [2.45, 2.75) is 65.0 Å². The fourth-order valence-corrected chi connectivity index (χ4v) is 2.94. The van der Waals surface area contributed by atoms with Gasteiger partial charge in [0.2, 0.25) is 0 Å². The second-order valence-electron chi connectivity index (χ2n) is 5.75. The molecule has 1 fully saturated rings. The monoisotopic (exact) mass is 369 g/mol. The summed E-state index contributed by atoms with van der Waals surface area (Å²) in [6.07, 6.45) is 6.23. The number of hydrogen-bond acceptors (Lipinski definition) is 2. The molecule has 1 rings (SSSR count). The van der Waals surface area contributed by atoms with Gasteiger partial charge in [0.1, 0.15) is 0 Å². The molecule has 1 heterocycles. The van der Waals surface area contributed by atoms with E-state index in [-0.39, 0.29) is 29.9 Å². The highest BCUT2D eigenvalue weighted by Crippen LogP contribution is 2.29. The maximum Gasteiger partial charge on any atom is 0.302 e. The minimum atomic E-state index is -0.162. The molecule has 1 saturated heterocycles. The highest BCUT2D eigenvalue weighted by Gasteiger charge is 2.37. The summed E-state index contributed by atoms with van der Waals surface area (Å²) in [6.45, 7) is 8.02. The Morgan fingerprint density at radius 2 is 1.78 bits per heavy atom. The van der Waals surface area contributed by atoms with Gasteiger partial charge in [0.05, 0.1) is 32.3 Å². The van der Waals surface area contributed by atoms with E-state index in [9.17, 15) is 4.79 Å². The van der Waals surface area contributed by atoms with Crippen LogP contribution in [0.3, 0.4) is 0 Å². The second kappa shape index (κ2) is 8.35. The van der Waals surface area contributed by atoms with Crippen LogP contribution in [0.4, 0.5) is 0 Å². The molecule has 108 valence electrons. The Balaban J connectivity index is 0.00000289. The van der Waals surface area contributed by atoms with Gasteiger partial charge in [0.25, 0.3) is 0 Å². The molecular weight excluding hydrogens is 341 g/mol. The molecule has 1 aliphatic heterocycles. The third-order valence-electron chi connectivity index (χ3n) is 4.60. The molecule has 2 atom stereocenters. The Labute approximate surface area is 129 Å². The summed E-state index contributed by atoms with van der Waals surface area (Å²) in [5.41, 5.74) is 0. The van der Waals surface area contributed by atoms with Crippen molar-refractivity contribution >= 4 is 5.97 Å². The summed E-state index contributed by atoms with van der Waals surface area (Å²) in [5, 5.41) is 0. The summed E-state index contributed by atoms with van der Waals surface area (Å²) in [7, 11) is 2.39. The van der Waals surface area contributed by atoms with Gasteiger partial charge >= 0.3 is 5.97 Å². The third kappa shape index (κ3) is 5.03. The third-order valence-corrected chi connectivity index (χ3v) is 4.60. The normalized spacial score (nSPS) is 31.6. The summed E-state index contributed by atoms with van der Waals surface area (Å²) < 4.78 is 6.17. The SMILES string of the molecule is CC(=O)OCCCC[N+]1(C)C(C)CCCC1C.[I-]. The summed E-state index contributed by atoms with van der Waals surface area (Å²) in [6, 6.07) is 1.54. The van der Waals surface area contributed by atoms with Crippen LogP contribution in [0, 0.1) is 0 Å². The van der Waals surface area contributed by atoms with Gasteiger partial charge in [0.15, 0.2) is 0 Å². The molecule has 18 heavy (non-hydrogen) atoms. The molecule has 0 saturated carbocycles. The first kappa shape index (κ1) is 18.2. The minimum absolute atomic E-state index is 0. The number of rotatable bonds is 5. The van der Waals surface area contributed by atoms with Crippen LogP contribution in [0.2, 0.25) is 0 Å². The number of carbonyl (C=O) groups excluding carboxylic acids is 1. The zero-order chi connectivity index (χ0) is 12.9. The van der Waals surface area contributed by atoms with E-state index >= 15 is 0 Å². The van der Waals surface area contributed by atoms with E-state index in [0.29, 0.717) is 6.61 Å². The van der Waals surface area contributed by atoms with E-state index < -0.39 is 0 Å². The molecule has 3 nitrogen and oxygen atoms in total. The molecule has 0 bridgehead atoms. The zero-order valence-corrected chi connectivity index (χ0v) is 14.4. The van der Waals surface area contributed by atoms with Crippen molar-refractivity contribution in [1.29, 1.82) is 0 Å². The average molecular weight is 369 g/mol. The number of esters is 1. The summed E-state index contributed by atoms with van der Waals surface area (Å²) in [4.78, 5) is 10.6. The lowest BCUT2D eigenvalue weighted by Crippen LogP contribution is -3.00. The molecule has 0 amide bonds. The predicted octanol–water partition coefficient (Wildman–Crippen LogP) is -0.259. The van der Waals surface area contributed by atoms with Crippen molar-refractivity contribution in [3.05, 3.63) is 0 Å². The van der Waals surface area contributed by atoms with E-state index in [2.05, 4.69) is 20.9 Å². The number of ether oxygens (including phenoxy) is 1. The molecule has 1 aliphatic rings. The van der Waals surface area contributed by atoms with Crippen LogP contribution in [0.15, 0.2) is 0 Å². The number of likely N-dealkylation sites (tertiary alicyclic amines) is 1. The number of nitrogens with zero attached hydrogens (tertiary/aromatic N) is 1. The van der Waals surface area contributed by atoms with E-state index in [1.807, 2.05) is 0 Å². The molecular formula is C14H28INO2. The standard InChI is InChI=1S/C14H28NO2.HI/c1-12-8-7-9-13(2)15(12,4)10-5-6-11-17-14(3)16;/h12-13H,5-11H2,1-4H3;1H/q+1;/p-1. The van der Waals surface area contributed by atoms with Crippen molar-refractivity contribution in [2.75, 3.05) is 20.2 Å². The summed E-state index contributed by atoms with van der Waals surface area (Å²) >= 11 is 0. The number of hydrogen-bond donors (Lipinski definition) is 0. The number of unbranched alkanes of at least 4 members (excludes halogenated alkanes) is 1. The van der Waals surface area contributed by atoms with Gasteiger partial charge < -0.3 is 33.2 Å². The van der Waals surface area contributed by atoms with Crippen LogP contribution < -0.4 is 24.0 Å². The average Bonchev–Trinajstić information content (AvgIpc) is 2.25. The van der Waals surface area contributed by atoms with E-state index in [4.69, 9.17) is 4.74 Å². The highest BCUT2D eigenvalue weighted by molar-refractivity contribution is 5.65. The van der Waals surface area contributed by atoms with Crippen LogP contribution in [0.5, 0.6) is 0 Å². The molecule has 2 unspecified atom stereocenters. The molecule has 0 aromatic rings.